The van der Waals surface area contributed by atoms with Gasteiger partial charge in [0.25, 0.3) is 0 Å². The topological polar surface area (TPSA) is 63.3 Å². The lowest BCUT2D eigenvalue weighted by Crippen LogP contribution is -1.98. The largest absolute Gasteiger partial charge is 0.481 e. The van der Waals surface area contributed by atoms with Crippen LogP contribution in [0.15, 0.2) is 10.8 Å². The van der Waals surface area contributed by atoms with Gasteiger partial charge in [-0.05, 0) is 6.92 Å². The molecule has 1 heterocycles. The lowest BCUT2D eigenvalue weighted by molar-refractivity contribution is -0.136. The Bertz CT molecular complexity index is 254. The molecule has 0 saturated heterocycles. The van der Waals surface area contributed by atoms with Crippen LogP contribution >= 0.6 is 0 Å². The molecule has 1 aromatic heterocycles. The summed E-state index contributed by atoms with van der Waals surface area (Å²) in [6.45, 7) is 1.84. The van der Waals surface area contributed by atoms with Crippen molar-refractivity contribution in [3.63, 3.8) is 0 Å². The summed E-state index contributed by atoms with van der Waals surface area (Å²) < 4.78 is 4.63. The monoisotopic (exact) mass is 155 g/mol. The number of rotatable bonds is 3. The van der Waals surface area contributed by atoms with Gasteiger partial charge in [-0.3, -0.25) is 4.79 Å². The van der Waals surface area contributed by atoms with Crippen LogP contribution in [0, 0.1) is 6.92 Å². The maximum Gasteiger partial charge on any atom is 0.303 e. The van der Waals surface area contributed by atoms with Crippen molar-refractivity contribution >= 4 is 5.97 Å². The normalized spacial score (nSPS) is 9.91. The Balaban J connectivity index is 2.51. The first kappa shape index (κ1) is 7.78. The van der Waals surface area contributed by atoms with Crippen LogP contribution in [0.2, 0.25) is 0 Å². The first-order valence-corrected chi connectivity index (χ1v) is 3.32. The van der Waals surface area contributed by atoms with E-state index in [0.717, 1.165) is 11.3 Å². The van der Waals surface area contributed by atoms with Crippen molar-refractivity contribution in [2.45, 2.75) is 19.8 Å². The average molecular weight is 155 g/mol. The molecule has 0 radical (unpaired) electrons. The molecule has 1 aromatic rings. The number of hydrogen-bond acceptors (Lipinski definition) is 3. The van der Waals surface area contributed by atoms with Gasteiger partial charge in [0.1, 0.15) is 6.26 Å². The van der Waals surface area contributed by atoms with Crippen LogP contribution in [0.1, 0.15) is 17.7 Å². The Labute approximate surface area is 63.8 Å². The number of aliphatic carboxylic acids is 1. The molecule has 0 fully saturated rings. The highest BCUT2D eigenvalue weighted by Gasteiger charge is 2.04. The predicted molar refractivity (Wildman–Crippen MR) is 37.2 cm³/mol. The fraction of sp³-hybridized carbons (Fsp3) is 0.429. The molecule has 11 heavy (non-hydrogen) atoms. The maximum atomic E-state index is 10.1. The second-order valence-corrected chi connectivity index (χ2v) is 2.34. The number of hydrogen-bond donors (Lipinski definition) is 1. The summed E-state index contributed by atoms with van der Waals surface area (Å²) in [5, 5.41) is 12.0. The molecule has 0 amide bonds. The lowest BCUT2D eigenvalue weighted by Gasteiger charge is -1.90. The van der Waals surface area contributed by atoms with Gasteiger partial charge in [0.2, 0.25) is 0 Å². The van der Waals surface area contributed by atoms with Crippen molar-refractivity contribution in [1.82, 2.24) is 5.16 Å². The number of aromatic nitrogens is 1. The second kappa shape index (κ2) is 3.18. The smallest absolute Gasteiger partial charge is 0.303 e. The average Bonchev–Trinajstić information content (AvgIpc) is 2.31. The summed E-state index contributed by atoms with van der Waals surface area (Å²) in [6, 6.07) is 0. The first-order chi connectivity index (χ1) is 5.20. The zero-order valence-corrected chi connectivity index (χ0v) is 6.20. The molecule has 0 aliphatic rings. The molecule has 1 rings (SSSR count). The van der Waals surface area contributed by atoms with E-state index in [1.807, 2.05) is 6.92 Å². The predicted octanol–water partition coefficient (Wildman–Crippen LogP) is 1.00. The third-order valence-corrected chi connectivity index (χ3v) is 1.42. The van der Waals surface area contributed by atoms with Gasteiger partial charge in [-0.1, -0.05) is 5.16 Å². The number of carbonyl (C=O) groups is 1. The first-order valence-electron chi connectivity index (χ1n) is 3.32. The summed E-state index contributed by atoms with van der Waals surface area (Å²) in [5.74, 6) is -0.813. The molecule has 0 aromatic carbocycles. The van der Waals surface area contributed by atoms with E-state index >= 15 is 0 Å². The van der Waals surface area contributed by atoms with Gasteiger partial charge in [0, 0.05) is 12.0 Å². The second-order valence-electron chi connectivity index (χ2n) is 2.34. The number of nitrogens with zero attached hydrogens (tertiary/aromatic N) is 1. The van der Waals surface area contributed by atoms with Crippen molar-refractivity contribution in [1.29, 1.82) is 0 Å². The highest BCUT2D eigenvalue weighted by molar-refractivity contribution is 5.67. The molecular weight excluding hydrogens is 146 g/mol. The molecule has 0 atom stereocenters. The molecule has 0 spiro atoms. The molecule has 0 bridgehead atoms. The van der Waals surface area contributed by atoms with E-state index in [9.17, 15) is 4.79 Å². The Morgan fingerprint density at radius 2 is 2.55 bits per heavy atom. The summed E-state index contributed by atoms with van der Waals surface area (Å²) in [5.41, 5.74) is 1.64. The van der Waals surface area contributed by atoms with Crippen molar-refractivity contribution in [3.05, 3.63) is 17.5 Å². The molecule has 0 saturated carbocycles. The molecule has 0 aliphatic carbocycles. The van der Waals surface area contributed by atoms with Gasteiger partial charge >= 0.3 is 5.97 Å². The summed E-state index contributed by atoms with van der Waals surface area (Å²) in [7, 11) is 0. The van der Waals surface area contributed by atoms with Gasteiger partial charge in [0.05, 0.1) is 12.1 Å². The number of aryl methyl sites for hydroxylation is 2. The highest BCUT2D eigenvalue weighted by Crippen LogP contribution is 2.06. The molecule has 0 unspecified atom stereocenters. The number of carboxylic acid groups (broad SMARTS) is 1. The minimum absolute atomic E-state index is 0.105. The Kier molecular flexibility index (Phi) is 2.25. The highest BCUT2D eigenvalue weighted by atomic mass is 16.5. The van der Waals surface area contributed by atoms with Crippen LogP contribution in [-0.4, -0.2) is 16.2 Å². The lowest BCUT2D eigenvalue weighted by atomic mass is 10.2. The standard InChI is InChI=1S/C7H9NO3/c1-5-4-11-8-6(5)2-3-7(9)10/h4H,2-3H2,1H3,(H,9,10). The van der Waals surface area contributed by atoms with Crippen molar-refractivity contribution < 1.29 is 14.4 Å². The van der Waals surface area contributed by atoms with E-state index in [4.69, 9.17) is 5.11 Å². The number of carboxylic acids is 1. The van der Waals surface area contributed by atoms with E-state index in [2.05, 4.69) is 9.68 Å². The fourth-order valence-corrected chi connectivity index (χ4v) is 0.777. The molecule has 4 nitrogen and oxygen atoms in total. The molecular formula is C7H9NO3. The SMILES string of the molecule is Cc1conc1CCC(=O)O. The zero-order valence-electron chi connectivity index (χ0n) is 6.20. The molecule has 60 valence electrons. The van der Waals surface area contributed by atoms with E-state index < -0.39 is 5.97 Å². The van der Waals surface area contributed by atoms with Gasteiger partial charge in [-0.2, -0.15) is 0 Å². The summed E-state index contributed by atoms with van der Waals surface area (Å²) >= 11 is 0. The van der Waals surface area contributed by atoms with E-state index in [1.165, 1.54) is 6.26 Å². The minimum atomic E-state index is -0.813. The van der Waals surface area contributed by atoms with Crippen molar-refractivity contribution in [3.8, 4) is 0 Å². The Morgan fingerprint density at radius 1 is 1.82 bits per heavy atom. The van der Waals surface area contributed by atoms with Crippen LogP contribution in [-0.2, 0) is 11.2 Å². The van der Waals surface area contributed by atoms with E-state index in [0.29, 0.717) is 6.42 Å². The van der Waals surface area contributed by atoms with Gasteiger partial charge in [-0.15, -0.1) is 0 Å². The van der Waals surface area contributed by atoms with E-state index in [1.54, 1.807) is 0 Å². The molecule has 1 N–H and O–H groups in total. The Morgan fingerprint density at radius 3 is 3.00 bits per heavy atom. The Hall–Kier alpha value is -1.32. The zero-order chi connectivity index (χ0) is 8.27. The molecule has 0 aliphatic heterocycles. The van der Waals surface area contributed by atoms with Gasteiger partial charge in [0.15, 0.2) is 0 Å². The van der Waals surface area contributed by atoms with Crippen LogP contribution in [0.3, 0.4) is 0 Å². The third-order valence-electron chi connectivity index (χ3n) is 1.42. The summed E-state index contributed by atoms with van der Waals surface area (Å²) in [4.78, 5) is 10.1. The van der Waals surface area contributed by atoms with Gasteiger partial charge in [-0.25, -0.2) is 0 Å². The fourth-order valence-electron chi connectivity index (χ4n) is 0.777. The van der Waals surface area contributed by atoms with Gasteiger partial charge < -0.3 is 9.63 Å². The van der Waals surface area contributed by atoms with Crippen LogP contribution in [0.25, 0.3) is 0 Å². The van der Waals surface area contributed by atoms with E-state index in [-0.39, 0.29) is 6.42 Å². The summed E-state index contributed by atoms with van der Waals surface area (Å²) in [6.07, 6.45) is 2.06. The van der Waals surface area contributed by atoms with Crippen LogP contribution < -0.4 is 0 Å². The van der Waals surface area contributed by atoms with Crippen molar-refractivity contribution in [2.24, 2.45) is 0 Å². The quantitative estimate of drug-likeness (QED) is 0.707. The van der Waals surface area contributed by atoms with Crippen molar-refractivity contribution in [2.75, 3.05) is 0 Å². The van der Waals surface area contributed by atoms with Crippen LogP contribution in [0.5, 0.6) is 0 Å². The minimum Gasteiger partial charge on any atom is -0.481 e. The van der Waals surface area contributed by atoms with Crippen LogP contribution in [0.4, 0.5) is 0 Å². The maximum absolute atomic E-state index is 10.1. The third kappa shape index (κ3) is 2.07. The molecule has 4 heteroatoms.